The summed E-state index contributed by atoms with van der Waals surface area (Å²) in [6.07, 6.45) is 3.07. The van der Waals surface area contributed by atoms with Crippen LogP contribution in [0.3, 0.4) is 0 Å². The van der Waals surface area contributed by atoms with Crippen LogP contribution < -0.4 is 10.8 Å². The average Bonchev–Trinajstić information content (AvgIpc) is 2.15. The van der Waals surface area contributed by atoms with Gasteiger partial charge in [-0.3, -0.25) is 4.84 Å². The molecule has 3 N–H and O–H groups in total. The third-order valence-electron chi connectivity index (χ3n) is 2.16. The van der Waals surface area contributed by atoms with Gasteiger partial charge < -0.3 is 10.4 Å². The van der Waals surface area contributed by atoms with E-state index in [1.54, 1.807) is 0 Å². The van der Waals surface area contributed by atoms with Crippen molar-refractivity contribution in [3.8, 4) is 0 Å². The molecular formula is C11H22N2O4. The van der Waals surface area contributed by atoms with E-state index >= 15 is 0 Å². The maximum Gasteiger partial charge on any atom is 0.338 e. The maximum atomic E-state index is 11.2. The summed E-state index contributed by atoms with van der Waals surface area (Å²) in [6.45, 7) is 5.67. The van der Waals surface area contributed by atoms with Crippen molar-refractivity contribution in [1.29, 1.82) is 0 Å². The van der Waals surface area contributed by atoms with Crippen LogP contribution >= 0.6 is 0 Å². The van der Waals surface area contributed by atoms with Crippen LogP contribution in [-0.2, 0) is 9.63 Å². The maximum absolute atomic E-state index is 11.2. The van der Waals surface area contributed by atoms with Gasteiger partial charge in [0.1, 0.15) is 0 Å². The fourth-order valence-electron chi connectivity index (χ4n) is 1.32. The molecule has 100 valence electrons. The number of urea groups is 1. The monoisotopic (exact) mass is 246 g/mol. The minimum absolute atomic E-state index is 0.0437. The number of rotatable bonds is 8. The van der Waals surface area contributed by atoms with Crippen LogP contribution in [0.1, 0.15) is 40.0 Å². The normalized spacial score (nSPS) is 12.2. The highest BCUT2D eigenvalue weighted by Gasteiger charge is 2.07. The highest BCUT2D eigenvalue weighted by molar-refractivity contribution is 5.73. The third kappa shape index (κ3) is 11.0. The fraction of sp³-hybridized carbons (Fsp3) is 0.818. The molecule has 0 aliphatic heterocycles. The molecule has 0 bridgehead atoms. The second-order valence-corrected chi connectivity index (χ2v) is 4.48. The second kappa shape index (κ2) is 8.81. The first-order valence-corrected chi connectivity index (χ1v) is 5.82. The Kier molecular flexibility index (Phi) is 8.13. The molecule has 0 aromatic carbocycles. The summed E-state index contributed by atoms with van der Waals surface area (Å²) in [6, 6.07) is -0.467. The second-order valence-electron chi connectivity index (χ2n) is 4.48. The van der Waals surface area contributed by atoms with Crippen LogP contribution in [0.2, 0.25) is 0 Å². The average molecular weight is 246 g/mol. The van der Waals surface area contributed by atoms with Crippen LogP contribution in [0.5, 0.6) is 0 Å². The molecule has 0 aliphatic carbocycles. The van der Waals surface area contributed by atoms with Crippen LogP contribution in [0.25, 0.3) is 0 Å². The van der Waals surface area contributed by atoms with Crippen molar-refractivity contribution in [2.24, 2.45) is 5.92 Å². The van der Waals surface area contributed by atoms with Crippen molar-refractivity contribution in [2.75, 3.05) is 6.61 Å². The summed E-state index contributed by atoms with van der Waals surface area (Å²) in [5, 5.41) is 10.9. The molecule has 0 fully saturated rings. The summed E-state index contributed by atoms with van der Waals surface area (Å²) in [4.78, 5) is 25.7. The molecule has 6 heteroatoms. The number of hydrogen-bond acceptors (Lipinski definition) is 3. The van der Waals surface area contributed by atoms with E-state index in [0.717, 1.165) is 19.3 Å². The first-order valence-electron chi connectivity index (χ1n) is 5.82. The van der Waals surface area contributed by atoms with E-state index in [1.165, 1.54) is 0 Å². The van der Waals surface area contributed by atoms with Gasteiger partial charge in [-0.05, 0) is 19.3 Å². The molecule has 0 saturated heterocycles. The summed E-state index contributed by atoms with van der Waals surface area (Å²) < 4.78 is 0. The molecule has 0 aliphatic rings. The van der Waals surface area contributed by atoms with E-state index in [9.17, 15) is 9.59 Å². The molecule has 0 spiro atoms. The zero-order chi connectivity index (χ0) is 13.3. The Morgan fingerprint density at radius 2 is 1.88 bits per heavy atom. The third-order valence-corrected chi connectivity index (χ3v) is 2.16. The van der Waals surface area contributed by atoms with Crippen LogP contribution in [0.15, 0.2) is 0 Å². The first-order chi connectivity index (χ1) is 7.91. The van der Waals surface area contributed by atoms with Gasteiger partial charge in [0.15, 0.2) is 6.61 Å². The van der Waals surface area contributed by atoms with E-state index < -0.39 is 18.6 Å². The van der Waals surface area contributed by atoms with Crippen molar-refractivity contribution < 1.29 is 19.5 Å². The van der Waals surface area contributed by atoms with Gasteiger partial charge in [0, 0.05) is 6.04 Å². The Balaban J connectivity index is 3.55. The molecule has 1 unspecified atom stereocenters. The van der Waals surface area contributed by atoms with Crippen molar-refractivity contribution in [1.82, 2.24) is 10.8 Å². The molecular weight excluding hydrogens is 224 g/mol. The van der Waals surface area contributed by atoms with Gasteiger partial charge in [-0.15, -0.1) is 0 Å². The van der Waals surface area contributed by atoms with Crippen molar-refractivity contribution in [2.45, 2.75) is 46.1 Å². The Hall–Kier alpha value is -1.30. The lowest BCUT2D eigenvalue weighted by Crippen LogP contribution is -2.41. The number of carbonyl (C=O) groups excluding carboxylic acids is 1. The van der Waals surface area contributed by atoms with E-state index in [4.69, 9.17) is 5.11 Å². The summed E-state index contributed by atoms with van der Waals surface area (Å²) in [7, 11) is 0. The number of amides is 2. The summed E-state index contributed by atoms with van der Waals surface area (Å²) >= 11 is 0. The minimum atomic E-state index is -1.13. The quantitative estimate of drug-likeness (QED) is 0.566. The minimum Gasteiger partial charge on any atom is -0.479 e. The number of carbonyl (C=O) groups is 2. The lowest BCUT2D eigenvalue weighted by Gasteiger charge is -2.14. The Morgan fingerprint density at radius 3 is 2.41 bits per heavy atom. The number of hydrogen-bond donors (Lipinski definition) is 3. The Bertz CT molecular complexity index is 244. The number of hydroxylamine groups is 1. The van der Waals surface area contributed by atoms with E-state index in [-0.39, 0.29) is 6.04 Å². The molecule has 0 aromatic rings. The SMILES string of the molecule is CC(C)CCCC(C)NC(=O)NOCC(=O)O. The van der Waals surface area contributed by atoms with E-state index in [0.29, 0.717) is 5.92 Å². The van der Waals surface area contributed by atoms with Gasteiger partial charge in [0.05, 0.1) is 0 Å². The number of carboxylic acid groups (broad SMARTS) is 1. The zero-order valence-corrected chi connectivity index (χ0v) is 10.7. The molecule has 0 radical (unpaired) electrons. The van der Waals surface area contributed by atoms with Crippen molar-refractivity contribution in [3.05, 3.63) is 0 Å². The molecule has 2 amide bonds. The lowest BCUT2D eigenvalue weighted by molar-refractivity contribution is -0.144. The van der Waals surface area contributed by atoms with Crippen LogP contribution in [-0.4, -0.2) is 29.8 Å². The van der Waals surface area contributed by atoms with Crippen molar-refractivity contribution >= 4 is 12.0 Å². The largest absolute Gasteiger partial charge is 0.479 e. The Morgan fingerprint density at radius 1 is 1.24 bits per heavy atom. The highest BCUT2D eigenvalue weighted by Crippen LogP contribution is 2.07. The van der Waals surface area contributed by atoms with Crippen LogP contribution in [0.4, 0.5) is 4.79 Å². The fourth-order valence-corrected chi connectivity index (χ4v) is 1.32. The van der Waals surface area contributed by atoms with Gasteiger partial charge in [0.2, 0.25) is 0 Å². The highest BCUT2D eigenvalue weighted by atomic mass is 16.7. The molecule has 0 aromatic heterocycles. The molecule has 17 heavy (non-hydrogen) atoms. The first kappa shape index (κ1) is 15.7. The molecule has 1 atom stereocenters. The van der Waals surface area contributed by atoms with Crippen molar-refractivity contribution in [3.63, 3.8) is 0 Å². The van der Waals surface area contributed by atoms with E-state index in [2.05, 4.69) is 24.0 Å². The summed E-state index contributed by atoms with van der Waals surface area (Å²) in [5.74, 6) is -0.467. The number of nitrogens with one attached hydrogen (secondary N) is 2. The Labute approximate surface area is 102 Å². The lowest BCUT2D eigenvalue weighted by atomic mass is 10.0. The molecule has 0 rings (SSSR count). The standard InChI is InChI=1S/C11H22N2O4/c1-8(2)5-4-6-9(3)12-11(16)13-17-7-10(14)15/h8-9H,4-7H2,1-3H3,(H,14,15)(H2,12,13,16). The van der Waals surface area contributed by atoms with Gasteiger partial charge >= 0.3 is 12.0 Å². The van der Waals surface area contributed by atoms with E-state index in [1.807, 2.05) is 12.4 Å². The molecule has 6 nitrogen and oxygen atoms in total. The number of carboxylic acids is 1. The van der Waals surface area contributed by atoms with Gasteiger partial charge in [-0.2, -0.15) is 0 Å². The van der Waals surface area contributed by atoms with Crippen LogP contribution in [0, 0.1) is 5.92 Å². The van der Waals surface area contributed by atoms with Gasteiger partial charge in [-0.25, -0.2) is 15.1 Å². The topological polar surface area (TPSA) is 87.7 Å². The van der Waals surface area contributed by atoms with Gasteiger partial charge in [-0.1, -0.05) is 26.7 Å². The predicted octanol–water partition coefficient (Wildman–Crippen LogP) is 1.52. The number of aliphatic carboxylic acids is 1. The predicted molar refractivity (Wildman–Crippen MR) is 63.4 cm³/mol. The summed E-state index contributed by atoms with van der Waals surface area (Å²) in [5.41, 5.74) is 2.01. The molecule has 0 saturated carbocycles. The zero-order valence-electron chi connectivity index (χ0n) is 10.7. The van der Waals surface area contributed by atoms with Gasteiger partial charge in [0.25, 0.3) is 0 Å². The molecule has 0 heterocycles. The smallest absolute Gasteiger partial charge is 0.338 e.